The van der Waals surface area contributed by atoms with Crippen LogP contribution in [0.25, 0.3) is 0 Å². The highest BCUT2D eigenvalue weighted by Gasteiger charge is 2.04. The van der Waals surface area contributed by atoms with E-state index in [0.717, 1.165) is 12.2 Å². The highest BCUT2D eigenvalue weighted by Crippen LogP contribution is 1.96. The van der Waals surface area contributed by atoms with Crippen molar-refractivity contribution in [2.75, 3.05) is 20.3 Å². The first-order valence-corrected chi connectivity index (χ1v) is 7.25. The largest absolute Gasteiger partial charge is 0.466 e. The van der Waals surface area contributed by atoms with Gasteiger partial charge in [-0.05, 0) is 24.4 Å². The lowest BCUT2D eigenvalue weighted by Gasteiger charge is -2.11. The summed E-state index contributed by atoms with van der Waals surface area (Å²) in [7, 11) is 1.20. The number of hydrazine groups is 1. The minimum Gasteiger partial charge on any atom is -0.466 e. The molecular weight excluding hydrogens is 334 g/mol. The van der Waals surface area contributed by atoms with E-state index < -0.39 is 11.9 Å². The molecule has 1 aromatic carbocycles. The molecule has 9 heteroatoms. The van der Waals surface area contributed by atoms with Crippen LogP contribution in [-0.2, 0) is 19.1 Å². The average molecular weight is 351 g/mol. The number of amides is 1. The van der Waals surface area contributed by atoms with Gasteiger partial charge < -0.3 is 14.8 Å². The van der Waals surface area contributed by atoms with Gasteiger partial charge in [0, 0.05) is 17.7 Å². The van der Waals surface area contributed by atoms with E-state index in [9.17, 15) is 14.4 Å². The Morgan fingerprint density at radius 2 is 1.75 bits per heavy atom. The van der Waals surface area contributed by atoms with Crippen molar-refractivity contribution < 1.29 is 23.9 Å². The van der Waals surface area contributed by atoms with Gasteiger partial charge in [0.1, 0.15) is 6.61 Å². The molecule has 0 bridgehead atoms. The van der Waals surface area contributed by atoms with Gasteiger partial charge in [-0.3, -0.25) is 15.6 Å². The minimum absolute atomic E-state index is 0.0266. The molecule has 0 aliphatic heterocycles. The maximum absolute atomic E-state index is 11.7. The fraction of sp³-hybridized carbons (Fsp3) is 0.200. The lowest BCUT2D eigenvalue weighted by Crippen LogP contribution is -2.47. The van der Waals surface area contributed by atoms with E-state index in [1.54, 1.807) is 30.3 Å². The molecule has 0 unspecified atom stereocenters. The van der Waals surface area contributed by atoms with E-state index in [4.69, 9.17) is 17.0 Å². The van der Waals surface area contributed by atoms with Crippen molar-refractivity contribution in [3.05, 3.63) is 48.0 Å². The lowest BCUT2D eigenvalue weighted by molar-refractivity contribution is -0.139. The summed E-state index contributed by atoms with van der Waals surface area (Å²) in [5, 5.41) is 2.90. The Balaban J connectivity index is 2.16. The van der Waals surface area contributed by atoms with E-state index >= 15 is 0 Å². The van der Waals surface area contributed by atoms with Gasteiger partial charge in [-0.25, -0.2) is 9.59 Å². The molecule has 1 rings (SSSR count). The molecule has 0 aromatic heterocycles. The van der Waals surface area contributed by atoms with Crippen molar-refractivity contribution in [2.24, 2.45) is 0 Å². The second-order valence-corrected chi connectivity index (χ2v) is 4.63. The third kappa shape index (κ3) is 7.90. The standard InChI is InChI=1S/C15H17N3O5S/c1-22-12(19)7-8-13(20)23-10-9-16-15(24)18-17-14(21)11-5-3-2-4-6-11/h2-8H,9-10H2,1H3,(H,17,21)(H2,16,18,24). The molecule has 1 aromatic rings. The summed E-state index contributed by atoms with van der Waals surface area (Å²) in [6.45, 7) is 0.254. The second kappa shape index (κ2) is 10.7. The Labute approximate surface area is 144 Å². The van der Waals surface area contributed by atoms with Gasteiger partial charge in [-0.1, -0.05) is 18.2 Å². The van der Waals surface area contributed by atoms with Crippen LogP contribution in [0.15, 0.2) is 42.5 Å². The number of thiocarbonyl (C=S) groups is 1. The predicted octanol–water partition coefficient (Wildman–Crippen LogP) is 0.0679. The Morgan fingerprint density at radius 3 is 2.42 bits per heavy atom. The van der Waals surface area contributed by atoms with Gasteiger partial charge in [-0.15, -0.1) is 0 Å². The summed E-state index contributed by atoms with van der Waals surface area (Å²) in [6.07, 6.45) is 1.92. The third-order valence-corrected chi connectivity index (χ3v) is 2.76. The lowest BCUT2D eigenvalue weighted by atomic mass is 10.2. The van der Waals surface area contributed by atoms with Crippen molar-refractivity contribution in [3.63, 3.8) is 0 Å². The minimum atomic E-state index is -0.682. The zero-order valence-electron chi connectivity index (χ0n) is 12.9. The summed E-state index contributed by atoms with van der Waals surface area (Å²) in [6, 6.07) is 8.62. The van der Waals surface area contributed by atoms with Crippen LogP contribution in [0.4, 0.5) is 0 Å². The Bertz CT molecular complexity index is 619. The molecule has 0 fully saturated rings. The highest BCUT2D eigenvalue weighted by atomic mass is 32.1. The van der Waals surface area contributed by atoms with E-state index in [1.165, 1.54) is 7.11 Å². The maximum Gasteiger partial charge on any atom is 0.331 e. The molecule has 0 aliphatic carbocycles. The second-order valence-electron chi connectivity index (χ2n) is 4.23. The van der Waals surface area contributed by atoms with Crippen molar-refractivity contribution in [1.29, 1.82) is 0 Å². The van der Waals surface area contributed by atoms with Crippen molar-refractivity contribution in [1.82, 2.24) is 16.2 Å². The van der Waals surface area contributed by atoms with Crippen LogP contribution in [-0.4, -0.2) is 43.2 Å². The first kappa shape index (κ1) is 19.1. The normalized spacial score (nSPS) is 9.88. The van der Waals surface area contributed by atoms with Crippen molar-refractivity contribution in [2.45, 2.75) is 0 Å². The first-order valence-electron chi connectivity index (χ1n) is 6.85. The smallest absolute Gasteiger partial charge is 0.331 e. The molecule has 0 heterocycles. The van der Waals surface area contributed by atoms with Gasteiger partial charge in [0.05, 0.1) is 13.7 Å². The van der Waals surface area contributed by atoms with Gasteiger partial charge >= 0.3 is 11.9 Å². The predicted molar refractivity (Wildman–Crippen MR) is 89.8 cm³/mol. The number of ether oxygens (including phenoxy) is 2. The van der Waals surface area contributed by atoms with Crippen LogP contribution in [0.5, 0.6) is 0 Å². The van der Waals surface area contributed by atoms with E-state index in [2.05, 4.69) is 20.9 Å². The summed E-state index contributed by atoms with van der Waals surface area (Å²) in [5.74, 6) is -1.66. The number of rotatable bonds is 6. The molecular formula is C15H17N3O5S. The summed E-state index contributed by atoms with van der Waals surface area (Å²) < 4.78 is 9.14. The fourth-order valence-electron chi connectivity index (χ4n) is 1.39. The van der Waals surface area contributed by atoms with Gasteiger partial charge in [0.25, 0.3) is 5.91 Å². The average Bonchev–Trinajstić information content (AvgIpc) is 2.61. The number of esters is 2. The van der Waals surface area contributed by atoms with Crippen LogP contribution in [0.3, 0.4) is 0 Å². The number of carbonyl (C=O) groups excluding carboxylic acids is 3. The Hall–Kier alpha value is -2.94. The van der Waals surface area contributed by atoms with E-state index in [-0.39, 0.29) is 24.2 Å². The van der Waals surface area contributed by atoms with Crippen LogP contribution < -0.4 is 16.2 Å². The molecule has 1 amide bonds. The summed E-state index contributed by atoms with van der Waals surface area (Å²) in [5.41, 5.74) is 5.43. The molecule has 0 radical (unpaired) electrons. The number of methoxy groups -OCH3 is 1. The first-order chi connectivity index (χ1) is 11.5. The maximum atomic E-state index is 11.7. The SMILES string of the molecule is COC(=O)C=CC(=O)OCCNC(=S)NNC(=O)c1ccccc1. The molecule has 3 N–H and O–H groups in total. The van der Waals surface area contributed by atoms with Gasteiger partial charge in [0.15, 0.2) is 5.11 Å². The van der Waals surface area contributed by atoms with Gasteiger partial charge in [-0.2, -0.15) is 0 Å². The van der Waals surface area contributed by atoms with Crippen LogP contribution in [0.2, 0.25) is 0 Å². The fourth-order valence-corrected chi connectivity index (χ4v) is 1.54. The number of hydrogen-bond donors (Lipinski definition) is 3. The molecule has 0 saturated heterocycles. The number of nitrogens with one attached hydrogen (secondary N) is 3. The molecule has 8 nitrogen and oxygen atoms in total. The molecule has 0 aliphatic rings. The van der Waals surface area contributed by atoms with Crippen molar-refractivity contribution >= 4 is 35.2 Å². The van der Waals surface area contributed by atoms with E-state index in [0.29, 0.717) is 5.56 Å². The highest BCUT2D eigenvalue weighted by molar-refractivity contribution is 7.80. The van der Waals surface area contributed by atoms with E-state index in [1.807, 2.05) is 0 Å². The molecule has 0 atom stereocenters. The van der Waals surface area contributed by atoms with Crippen LogP contribution in [0, 0.1) is 0 Å². The number of carbonyl (C=O) groups is 3. The third-order valence-electron chi connectivity index (χ3n) is 2.51. The number of hydrogen-bond acceptors (Lipinski definition) is 6. The zero-order valence-corrected chi connectivity index (χ0v) is 13.7. The number of benzene rings is 1. The summed E-state index contributed by atoms with van der Waals surface area (Å²) in [4.78, 5) is 33.8. The molecule has 24 heavy (non-hydrogen) atoms. The summed E-state index contributed by atoms with van der Waals surface area (Å²) >= 11 is 4.95. The van der Waals surface area contributed by atoms with Crippen LogP contribution in [0.1, 0.15) is 10.4 Å². The van der Waals surface area contributed by atoms with Crippen LogP contribution >= 0.6 is 12.2 Å². The van der Waals surface area contributed by atoms with Gasteiger partial charge in [0.2, 0.25) is 0 Å². The Morgan fingerprint density at radius 1 is 1.08 bits per heavy atom. The topological polar surface area (TPSA) is 106 Å². The molecule has 0 spiro atoms. The zero-order chi connectivity index (χ0) is 17.8. The monoisotopic (exact) mass is 351 g/mol. The quantitative estimate of drug-likeness (QED) is 0.217. The molecule has 128 valence electrons. The Kier molecular flexibility index (Phi) is 8.54. The molecule has 0 saturated carbocycles. The van der Waals surface area contributed by atoms with Crippen molar-refractivity contribution in [3.8, 4) is 0 Å².